The molecule has 0 fully saturated rings. The largest absolute Gasteiger partial charge is 0.510 e. The minimum Gasteiger partial charge on any atom is -0.510 e. The number of benzene rings is 2. The zero-order valence-electron chi connectivity index (χ0n) is 22.5. The molecule has 5 rings (SSSR count). The van der Waals surface area contributed by atoms with E-state index in [0.29, 0.717) is 17.7 Å². The summed E-state index contributed by atoms with van der Waals surface area (Å²) in [6, 6.07) is 11.6. The van der Waals surface area contributed by atoms with Crippen LogP contribution in [0.15, 0.2) is 59.1 Å². The van der Waals surface area contributed by atoms with Crippen LogP contribution >= 0.6 is 0 Å². The molecule has 0 bridgehead atoms. The van der Waals surface area contributed by atoms with E-state index < -0.39 is 58.0 Å². The number of phenolic OH excluding ortho intramolecular Hbond substituents is 1. The number of phenols is 1. The van der Waals surface area contributed by atoms with Crippen LogP contribution in [0.1, 0.15) is 27.9 Å². The van der Waals surface area contributed by atoms with Crippen molar-refractivity contribution in [2.24, 2.45) is 17.6 Å². The normalized spacial score (nSPS) is 25.5. The van der Waals surface area contributed by atoms with Gasteiger partial charge >= 0.3 is 0 Å². The lowest BCUT2D eigenvalue weighted by atomic mass is 9.58. The summed E-state index contributed by atoms with van der Waals surface area (Å²) >= 11 is 0. The van der Waals surface area contributed by atoms with Gasteiger partial charge in [-0.05, 0) is 61.2 Å². The predicted molar refractivity (Wildman–Crippen MR) is 146 cm³/mol. The van der Waals surface area contributed by atoms with Gasteiger partial charge in [0.25, 0.3) is 5.91 Å². The van der Waals surface area contributed by atoms with Crippen molar-refractivity contribution in [1.29, 1.82) is 5.26 Å². The first-order valence-corrected chi connectivity index (χ1v) is 13.1. The number of carbonyl (C=O) groups is 3. The van der Waals surface area contributed by atoms with Gasteiger partial charge in [-0.25, -0.2) is 0 Å². The summed E-state index contributed by atoms with van der Waals surface area (Å²) in [6.07, 6.45) is 0.216. The number of primary amides is 1. The summed E-state index contributed by atoms with van der Waals surface area (Å²) in [5.41, 5.74) is 4.61. The number of nitrogens with zero attached hydrogens (tertiary/aromatic N) is 2. The first kappa shape index (κ1) is 28.0. The number of ketones is 2. The van der Waals surface area contributed by atoms with Crippen molar-refractivity contribution >= 4 is 17.5 Å². The van der Waals surface area contributed by atoms with Crippen molar-refractivity contribution in [3.05, 3.63) is 75.8 Å². The molecule has 0 radical (unpaired) electrons. The average Bonchev–Trinajstić information content (AvgIpc) is 2.91. The second kappa shape index (κ2) is 10.2. The SMILES string of the molecule is CN(C)[C@@H]1C(O)=C(C(N)=O)C(=O)[C@@]2(O)C(O)=C3C(=O)c4c(O)ccc(-c5ccc(CNCC#N)cc5)c4C[C@H]3C[C@@H]12. The fraction of sp³-hybridized carbons (Fsp3) is 0.333. The van der Waals surface area contributed by atoms with Gasteiger partial charge in [0.15, 0.2) is 11.4 Å². The van der Waals surface area contributed by atoms with Crippen molar-refractivity contribution in [3.8, 4) is 22.9 Å². The molecule has 0 unspecified atom stereocenters. The van der Waals surface area contributed by atoms with E-state index in [2.05, 4.69) is 5.32 Å². The number of nitrogens with two attached hydrogens (primary N) is 1. The smallest absolute Gasteiger partial charge is 0.255 e. The molecule has 2 aromatic carbocycles. The van der Waals surface area contributed by atoms with Crippen LogP contribution in [-0.4, -0.2) is 75.1 Å². The van der Waals surface area contributed by atoms with Crippen LogP contribution < -0.4 is 11.1 Å². The van der Waals surface area contributed by atoms with Crippen LogP contribution in [0.2, 0.25) is 0 Å². The van der Waals surface area contributed by atoms with Gasteiger partial charge in [0.2, 0.25) is 5.78 Å². The van der Waals surface area contributed by atoms with E-state index in [1.54, 1.807) is 20.2 Å². The summed E-state index contributed by atoms with van der Waals surface area (Å²) in [6.45, 7) is 0.720. The third-order valence-electron chi connectivity index (χ3n) is 8.40. The molecule has 11 nitrogen and oxygen atoms in total. The predicted octanol–water partition coefficient (Wildman–Crippen LogP) is 1.40. The fourth-order valence-electron chi connectivity index (χ4n) is 6.59. The second-order valence-electron chi connectivity index (χ2n) is 10.9. The molecule has 3 aliphatic rings. The molecule has 4 atom stereocenters. The molecule has 0 heterocycles. The number of Topliss-reactive ketones (excluding diaryl/α,β-unsaturated/α-hetero) is 2. The Kier molecular flexibility index (Phi) is 6.95. The van der Waals surface area contributed by atoms with E-state index in [0.717, 1.165) is 11.1 Å². The van der Waals surface area contributed by atoms with E-state index >= 15 is 0 Å². The third-order valence-corrected chi connectivity index (χ3v) is 8.40. The molecule has 212 valence electrons. The molecule has 1 amide bonds. The topological polar surface area (TPSA) is 197 Å². The first-order chi connectivity index (χ1) is 19.4. The monoisotopic (exact) mass is 558 g/mol. The van der Waals surface area contributed by atoms with Crippen molar-refractivity contribution in [1.82, 2.24) is 10.2 Å². The molecule has 11 heteroatoms. The fourth-order valence-corrected chi connectivity index (χ4v) is 6.59. The van der Waals surface area contributed by atoms with Crippen molar-refractivity contribution < 1.29 is 34.8 Å². The number of aromatic hydroxyl groups is 1. The maximum atomic E-state index is 13.9. The number of allylic oxidation sites excluding steroid dienone is 1. The van der Waals surface area contributed by atoms with Crippen molar-refractivity contribution in [2.75, 3.05) is 20.6 Å². The van der Waals surface area contributed by atoms with Gasteiger partial charge in [-0.1, -0.05) is 30.3 Å². The Bertz CT molecular complexity index is 1580. The molecule has 0 aliphatic heterocycles. The maximum absolute atomic E-state index is 13.9. The van der Waals surface area contributed by atoms with E-state index in [1.165, 1.54) is 11.0 Å². The van der Waals surface area contributed by atoms with Gasteiger partial charge in [0.1, 0.15) is 22.8 Å². The highest BCUT2D eigenvalue weighted by atomic mass is 16.3. The number of nitrogens with one attached hydrogen (secondary N) is 1. The Labute approximate surface area is 235 Å². The number of carbonyl (C=O) groups excluding carboxylic acids is 3. The van der Waals surface area contributed by atoms with Crippen LogP contribution in [0, 0.1) is 23.2 Å². The van der Waals surface area contributed by atoms with Crippen LogP contribution in [-0.2, 0) is 22.6 Å². The van der Waals surface area contributed by atoms with Gasteiger partial charge in [-0.3, -0.25) is 19.3 Å². The molecule has 3 aliphatic carbocycles. The lowest BCUT2D eigenvalue weighted by Crippen LogP contribution is -2.63. The first-order valence-electron chi connectivity index (χ1n) is 13.1. The number of fused-ring (bicyclic) bond motifs is 3. The highest BCUT2D eigenvalue weighted by Gasteiger charge is 2.63. The molecule has 0 saturated carbocycles. The maximum Gasteiger partial charge on any atom is 0.255 e. The van der Waals surface area contributed by atoms with Crippen molar-refractivity contribution in [2.45, 2.75) is 31.0 Å². The zero-order chi connectivity index (χ0) is 29.8. The molecule has 7 N–H and O–H groups in total. The molecule has 0 saturated heterocycles. The highest BCUT2D eigenvalue weighted by molar-refractivity contribution is 6.24. The zero-order valence-corrected chi connectivity index (χ0v) is 22.5. The Balaban J connectivity index is 1.62. The number of hydrogen-bond donors (Lipinski definition) is 6. The van der Waals surface area contributed by atoms with Gasteiger partial charge in [0.05, 0.1) is 24.2 Å². The lowest BCUT2D eigenvalue weighted by molar-refractivity contribution is -0.148. The summed E-state index contributed by atoms with van der Waals surface area (Å²) in [5, 5.41) is 56.5. The third kappa shape index (κ3) is 4.19. The summed E-state index contributed by atoms with van der Waals surface area (Å²) in [4.78, 5) is 40.9. The Morgan fingerprint density at radius 2 is 1.83 bits per heavy atom. The average molecular weight is 559 g/mol. The van der Waals surface area contributed by atoms with Gasteiger partial charge in [-0.15, -0.1) is 0 Å². The van der Waals surface area contributed by atoms with Crippen LogP contribution in [0.25, 0.3) is 11.1 Å². The van der Waals surface area contributed by atoms with E-state index in [-0.39, 0.29) is 36.3 Å². The molecule has 2 aromatic rings. The number of likely N-dealkylation sites (N-methyl/N-ethyl adjacent to an activating group) is 1. The van der Waals surface area contributed by atoms with Crippen molar-refractivity contribution in [3.63, 3.8) is 0 Å². The number of nitriles is 1. The van der Waals surface area contributed by atoms with Crippen LogP contribution in [0.5, 0.6) is 5.75 Å². The number of rotatable bonds is 6. The Morgan fingerprint density at radius 1 is 1.15 bits per heavy atom. The molecular formula is C30H30N4O7. The van der Waals surface area contributed by atoms with Gasteiger partial charge in [0, 0.05) is 18.0 Å². The van der Waals surface area contributed by atoms with Gasteiger partial charge < -0.3 is 31.5 Å². The van der Waals surface area contributed by atoms with Crippen LogP contribution in [0.3, 0.4) is 0 Å². The molecule has 41 heavy (non-hydrogen) atoms. The van der Waals surface area contributed by atoms with E-state index in [4.69, 9.17) is 11.0 Å². The summed E-state index contributed by atoms with van der Waals surface area (Å²) in [5.74, 6) is -6.82. The van der Waals surface area contributed by atoms with Gasteiger partial charge in [-0.2, -0.15) is 5.26 Å². The quantitative estimate of drug-likeness (QED) is 0.171. The summed E-state index contributed by atoms with van der Waals surface area (Å²) < 4.78 is 0. The number of aliphatic hydroxyl groups excluding tert-OH is 2. The molecule has 0 spiro atoms. The molecule has 0 aromatic heterocycles. The minimum absolute atomic E-state index is 0.0182. The van der Waals surface area contributed by atoms with Crippen LogP contribution in [0.4, 0.5) is 0 Å². The number of aliphatic hydroxyl groups is 3. The lowest BCUT2D eigenvalue weighted by Gasteiger charge is -2.50. The minimum atomic E-state index is -2.67. The summed E-state index contributed by atoms with van der Waals surface area (Å²) in [7, 11) is 3.17. The highest BCUT2D eigenvalue weighted by Crippen LogP contribution is 2.53. The standard InChI is InChI=1S/C30H30N4O7/c1-34(2)24-19-12-16-11-18-17(15-5-3-14(4-6-15)13-33-10-9-31)7-8-20(35)22(18)25(36)21(16)27(38)30(19,41)28(39)23(26(24)37)29(32)40/h3-8,16,19,24,33,35,37-38,41H,10-13H2,1-2H3,(H2,32,40)/t16-,19-,24-,30-/m0/s1. The number of amides is 1. The Hall–Kier alpha value is -4.50. The van der Waals surface area contributed by atoms with E-state index in [1.807, 2.05) is 30.3 Å². The Morgan fingerprint density at radius 3 is 2.44 bits per heavy atom. The van der Waals surface area contributed by atoms with E-state index in [9.17, 15) is 34.8 Å². The molecular weight excluding hydrogens is 528 g/mol. The number of hydrogen-bond acceptors (Lipinski definition) is 10. The second-order valence-corrected chi connectivity index (χ2v) is 10.9.